The Kier molecular flexibility index (Phi) is 6.89. The van der Waals surface area contributed by atoms with Crippen molar-refractivity contribution in [1.29, 1.82) is 0 Å². The number of piperazine rings is 1. The number of nitrogens with zero attached hydrogens (tertiary/aromatic N) is 5. The van der Waals surface area contributed by atoms with Crippen LogP contribution in [0.5, 0.6) is 0 Å². The molecule has 11 heteroatoms. The van der Waals surface area contributed by atoms with E-state index < -0.39 is 5.82 Å². The standard InChI is InChI=1S/C24H28FN7O2S/c1-15-13-32(4-3-26-15)22-10-19(25)18(9-20(22)30-23(33)21-14-35-16(2)29-21)17-11-27-24(28-12-17)31-5-7-34-8-6-31/h9-12,14-15,26H,3-8,13H2,1-2H3,(H,30,33)/t15-/m0/s1. The van der Waals surface area contributed by atoms with Crippen LogP contribution in [0.1, 0.15) is 22.4 Å². The van der Waals surface area contributed by atoms with Crippen molar-refractivity contribution < 1.29 is 13.9 Å². The van der Waals surface area contributed by atoms with Crippen LogP contribution in [-0.4, -0.2) is 72.8 Å². The number of carbonyl (C=O) groups is 1. The predicted octanol–water partition coefficient (Wildman–Crippen LogP) is 2.93. The summed E-state index contributed by atoms with van der Waals surface area (Å²) in [4.78, 5) is 30.3. The zero-order valence-electron chi connectivity index (χ0n) is 19.8. The number of nitrogens with one attached hydrogen (secondary N) is 2. The minimum absolute atomic E-state index is 0.248. The number of aryl methyl sites for hydroxylation is 1. The summed E-state index contributed by atoms with van der Waals surface area (Å²) in [5.41, 5.74) is 2.39. The molecular weight excluding hydrogens is 469 g/mol. The average Bonchev–Trinajstić information content (AvgIpc) is 3.32. The van der Waals surface area contributed by atoms with Crippen molar-refractivity contribution in [1.82, 2.24) is 20.3 Å². The maximum atomic E-state index is 15.4. The van der Waals surface area contributed by atoms with E-state index in [4.69, 9.17) is 4.74 Å². The molecule has 0 unspecified atom stereocenters. The van der Waals surface area contributed by atoms with Gasteiger partial charge in [0.15, 0.2) is 0 Å². The summed E-state index contributed by atoms with van der Waals surface area (Å²) in [5, 5.41) is 8.89. The largest absolute Gasteiger partial charge is 0.378 e. The van der Waals surface area contributed by atoms with E-state index in [1.54, 1.807) is 23.8 Å². The number of anilines is 3. The van der Waals surface area contributed by atoms with Gasteiger partial charge in [0, 0.05) is 67.7 Å². The summed E-state index contributed by atoms with van der Waals surface area (Å²) in [7, 11) is 0. The number of hydrogen-bond acceptors (Lipinski definition) is 9. The second-order valence-corrected chi connectivity index (χ2v) is 9.79. The molecule has 0 bridgehead atoms. The van der Waals surface area contributed by atoms with Gasteiger partial charge in [-0.3, -0.25) is 4.79 Å². The normalized spacial score (nSPS) is 18.5. The van der Waals surface area contributed by atoms with Gasteiger partial charge < -0.3 is 25.2 Å². The van der Waals surface area contributed by atoms with E-state index in [0.717, 1.165) is 24.6 Å². The van der Waals surface area contributed by atoms with Crippen molar-refractivity contribution in [2.45, 2.75) is 19.9 Å². The van der Waals surface area contributed by atoms with Gasteiger partial charge in [-0.1, -0.05) is 0 Å². The minimum atomic E-state index is -0.392. The third kappa shape index (κ3) is 5.26. The van der Waals surface area contributed by atoms with Crippen LogP contribution in [-0.2, 0) is 4.74 Å². The zero-order chi connectivity index (χ0) is 24.4. The molecule has 1 atom stereocenters. The van der Waals surface area contributed by atoms with Crippen LogP contribution >= 0.6 is 11.3 Å². The van der Waals surface area contributed by atoms with Crippen LogP contribution in [0.25, 0.3) is 11.1 Å². The minimum Gasteiger partial charge on any atom is -0.378 e. The van der Waals surface area contributed by atoms with Crippen LogP contribution in [0.3, 0.4) is 0 Å². The van der Waals surface area contributed by atoms with Crippen LogP contribution in [0.2, 0.25) is 0 Å². The first-order valence-electron chi connectivity index (χ1n) is 11.7. The molecule has 0 radical (unpaired) electrons. The Morgan fingerprint density at radius 1 is 1.20 bits per heavy atom. The second-order valence-electron chi connectivity index (χ2n) is 8.73. The average molecular weight is 498 g/mol. The molecule has 3 aromatic rings. The Morgan fingerprint density at radius 2 is 1.97 bits per heavy atom. The summed E-state index contributed by atoms with van der Waals surface area (Å²) < 4.78 is 20.8. The number of carbonyl (C=O) groups excluding carboxylic acids is 1. The SMILES string of the molecule is Cc1nc(C(=O)Nc2cc(-c3cnc(N4CCOCC4)nc3)c(F)cc2N2CCN[C@@H](C)C2)cs1. The molecule has 5 rings (SSSR count). The van der Waals surface area contributed by atoms with Gasteiger partial charge in [0.25, 0.3) is 5.91 Å². The molecule has 1 amide bonds. The summed E-state index contributed by atoms with van der Waals surface area (Å²) in [6.45, 7) is 8.83. The van der Waals surface area contributed by atoms with E-state index in [1.165, 1.54) is 17.4 Å². The smallest absolute Gasteiger partial charge is 0.275 e. The second kappa shape index (κ2) is 10.2. The fourth-order valence-electron chi connectivity index (χ4n) is 4.34. The number of morpholine rings is 1. The molecule has 0 saturated carbocycles. The third-order valence-electron chi connectivity index (χ3n) is 6.14. The molecule has 2 saturated heterocycles. The predicted molar refractivity (Wildman–Crippen MR) is 135 cm³/mol. The fourth-order valence-corrected chi connectivity index (χ4v) is 4.93. The topological polar surface area (TPSA) is 95.5 Å². The molecule has 35 heavy (non-hydrogen) atoms. The number of thiazole rings is 1. The van der Waals surface area contributed by atoms with E-state index in [9.17, 15) is 4.79 Å². The van der Waals surface area contributed by atoms with E-state index in [-0.39, 0.29) is 11.9 Å². The van der Waals surface area contributed by atoms with Crippen LogP contribution in [0.4, 0.5) is 21.7 Å². The molecule has 2 fully saturated rings. The Balaban J connectivity index is 1.48. The molecule has 0 spiro atoms. The van der Waals surface area contributed by atoms with E-state index in [1.807, 2.05) is 11.8 Å². The number of hydrogen-bond donors (Lipinski definition) is 2. The molecule has 184 valence electrons. The lowest BCUT2D eigenvalue weighted by Crippen LogP contribution is -2.49. The van der Waals surface area contributed by atoms with Crippen molar-refractivity contribution in [3.63, 3.8) is 0 Å². The fraction of sp³-hybridized carbons (Fsp3) is 0.417. The molecule has 0 aliphatic carbocycles. The maximum Gasteiger partial charge on any atom is 0.275 e. The molecule has 2 aromatic heterocycles. The Bertz CT molecular complexity index is 1200. The summed E-state index contributed by atoms with van der Waals surface area (Å²) >= 11 is 1.41. The Morgan fingerprint density at radius 3 is 2.66 bits per heavy atom. The molecule has 1 aromatic carbocycles. The van der Waals surface area contributed by atoms with Crippen molar-refractivity contribution in [3.8, 4) is 11.1 Å². The monoisotopic (exact) mass is 497 g/mol. The van der Waals surface area contributed by atoms with Crippen molar-refractivity contribution in [2.75, 3.05) is 61.1 Å². The van der Waals surface area contributed by atoms with Gasteiger partial charge in [-0.2, -0.15) is 0 Å². The lowest BCUT2D eigenvalue weighted by atomic mass is 10.0. The van der Waals surface area contributed by atoms with Gasteiger partial charge in [-0.15, -0.1) is 11.3 Å². The van der Waals surface area contributed by atoms with Crippen LogP contribution < -0.4 is 20.4 Å². The van der Waals surface area contributed by atoms with Gasteiger partial charge in [0.2, 0.25) is 5.95 Å². The third-order valence-corrected chi connectivity index (χ3v) is 6.91. The highest BCUT2D eigenvalue weighted by atomic mass is 32.1. The van der Waals surface area contributed by atoms with E-state index in [2.05, 4.69) is 37.4 Å². The Labute approximate surface area is 207 Å². The highest BCUT2D eigenvalue weighted by molar-refractivity contribution is 7.09. The van der Waals surface area contributed by atoms with Gasteiger partial charge in [0.05, 0.1) is 29.6 Å². The summed E-state index contributed by atoms with van der Waals surface area (Å²) in [5.74, 6) is -0.122. The van der Waals surface area contributed by atoms with E-state index in [0.29, 0.717) is 60.4 Å². The number of ether oxygens (including phenoxy) is 1. The molecule has 2 aliphatic rings. The van der Waals surface area contributed by atoms with Gasteiger partial charge in [-0.25, -0.2) is 19.3 Å². The van der Waals surface area contributed by atoms with E-state index >= 15 is 4.39 Å². The van der Waals surface area contributed by atoms with Gasteiger partial charge in [-0.05, 0) is 26.0 Å². The molecule has 2 N–H and O–H groups in total. The number of amides is 1. The molecule has 2 aliphatic heterocycles. The molecule has 9 nitrogen and oxygen atoms in total. The lowest BCUT2D eigenvalue weighted by Gasteiger charge is -2.35. The highest BCUT2D eigenvalue weighted by Crippen LogP contribution is 2.35. The first kappa shape index (κ1) is 23.6. The Hall–Kier alpha value is -3.15. The van der Waals surface area contributed by atoms with Crippen LogP contribution in [0.15, 0.2) is 29.9 Å². The number of benzene rings is 1. The number of rotatable bonds is 5. The first-order chi connectivity index (χ1) is 17.0. The summed E-state index contributed by atoms with van der Waals surface area (Å²) in [6, 6.07) is 3.41. The van der Waals surface area contributed by atoms with Crippen molar-refractivity contribution in [2.24, 2.45) is 0 Å². The van der Waals surface area contributed by atoms with Crippen molar-refractivity contribution >= 4 is 34.6 Å². The highest BCUT2D eigenvalue weighted by Gasteiger charge is 2.23. The quantitative estimate of drug-likeness (QED) is 0.556. The first-order valence-corrected chi connectivity index (χ1v) is 12.6. The summed E-state index contributed by atoms with van der Waals surface area (Å²) in [6.07, 6.45) is 3.25. The zero-order valence-corrected chi connectivity index (χ0v) is 20.6. The molecule has 4 heterocycles. The van der Waals surface area contributed by atoms with Crippen molar-refractivity contribution in [3.05, 3.63) is 46.4 Å². The maximum absolute atomic E-state index is 15.4. The number of aromatic nitrogens is 3. The molecular formula is C24H28FN7O2S. The van der Waals surface area contributed by atoms with Gasteiger partial charge >= 0.3 is 0 Å². The van der Waals surface area contributed by atoms with Gasteiger partial charge in [0.1, 0.15) is 11.5 Å². The lowest BCUT2D eigenvalue weighted by molar-refractivity contribution is 0.102. The van der Waals surface area contributed by atoms with Crippen LogP contribution in [0, 0.1) is 12.7 Å². The number of halogens is 1.